The molecule has 148 valence electrons. The minimum atomic E-state index is -0.142. The minimum Gasteiger partial charge on any atom is -0.376 e. The van der Waals surface area contributed by atoms with Crippen molar-refractivity contribution in [1.29, 1.82) is 0 Å². The zero-order chi connectivity index (χ0) is 18.8. The number of rotatable bonds is 3. The maximum Gasteiger partial charge on any atom is 0.317 e. The van der Waals surface area contributed by atoms with Crippen LogP contribution in [0.5, 0.6) is 0 Å². The van der Waals surface area contributed by atoms with Gasteiger partial charge in [-0.1, -0.05) is 5.16 Å². The van der Waals surface area contributed by atoms with Crippen molar-refractivity contribution in [2.45, 2.75) is 69.6 Å². The third-order valence-corrected chi connectivity index (χ3v) is 5.79. The number of likely N-dealkylation sites (tertiary alicyclic amines) is 1. The Morgan fingerprint density at radius 1 is 1.26 bits per heavy atom. The summed E-state index contributed by atoms with van der Waals surface area (Å²) in [5, 5.41) is 10.0. The quantitative estimate of drug-likeness (QED) is 0.816. The first kappa shape index (κ1) is 18.2. The van der Waals surface area contributed by atoms with Gasteiger partial charge in [-0.05, 0) is 39.0 Å². The largest absolute Gasteiger partial charge is 0.376 e. The van der Waals surface area contributed by atoms with Crippen LogP contribution in [0.1, 0.15) is 56.2 Å². The summed E-state index contributed by atoms with van der Waals surface area (Å²) in [6.45, 7) is 3.84. The van der Waals surface area contributed by atoms with Gasteiger partial charge in [0.1, 0.15) is 0 Å². The number of aryl methyl sites for hydroxylation is 1. The van der Waals surface area contributed by atoms with E-state index in [4.69, 9.17) is 9.26 Å². The van der Waals surface area contributed by atoms with Crippen LogP contribution in [0.15, 0.2) is 4.52 Å². The Kier molecular flexibility index (Phi) is 5.29. The summed E-state index contributed by atoms with van der Waals surface area (Å²) in [5.41, 5.74) is 0. The molecule has 0 aromatic carbocycles. The fraction of sp³-hybridized carbons (Fsp3) is 0.778. The van der Waals surface area contributed by atoms with Gasteiger partial charge in [-0.2, -0.15) is 4.98 Å². The van der Waals surface area contributed by atoms with Crippen LogP contribution >= 0.6 is 0 Å². The van der Waals surface area contributed by atoms with Gasteiger partial charge in [0.15, 0.2) is 5.82 Å². The molecular formula is C18H27N5O4. The number of hydrogen-bond donors (Lipinski definition) is 2. The molecule has 1 aromatic heterocycles. The number of ether oxygens (including phenoxy) is 1. The molecule has 3 amide bonds. The molecule has 0 bridgehead atoms. The Hall–Kier alpha value is -2.16. The van der Waals surface area contributed by atoms with Gasteiger partial charge in [-0.25, -0.2) is 4.79 Å². The molecule has 3 atom stereocenters. The van der Waals surface area contributed by atoms with E-state index in [-0.39, 0.29) is 36.0 Å². The van der Waals surface area contributed by atoms with E-state index in [1.807, 2.05) is 11.8 Å². The summed E-state index contributed by atoms with van der Waals surface area (Å²) >= 11 is 0. The molecule has 27 heavy (non-hydrogen) atoms. The molecule has 3 saturated heterocycles. The van der Waals surface area contributed by atoms with Crippen LogP contribution < -0.4 is 10.6 Å². The standard InChI is InChI=1S/C18H27N5O4/c1-11-19-17(27-22-11)12-6-8-23(9-7-12)18(25)20-13-4-5-15(24)21-16(13)14-3-2-10-26-14/h12-14,16H,2-10H2,1H3,(H,20,25)(H,21,24). The monoisotopic (exact) mass is 377 g/mol. The van der Waals surface area contributed by atoms with Crippen LogP contribution in [0, 0.1) is 6.92 Å². The van der Waals surface area contributed by atoms with Gasteiger partial charge < -0.3 is 24.8 Å². The first-order chi connectivity index (χ1) is 13.1. The normalized spacial score (nSPS) is 29.6. The van der Waals surface area contributed by atoms with Crippen molar-refractivity contribution in [2.75, 3.05) is 19.7 Å². The average molecular weight is 377 g/mol. The number of carbonyl (C=O) groups excluding carboxylic acids is 2. The third kappa shape index (κ3) is 4.07. The van der Waals surface area contributed by atoms with Gasteiger partial charge in [0, 0.05) is 32.0 Å². The topological polar surface area (TPSA) is 110 Å². The lowest BCUT2D eigenvalue weighted by atomic mass is 9.92. The molecule has 3 unspecified atom stereocenters. The van der Waals surface area contributed by atoms with E-state index >= 15 is 0 Å². The summed E-state index contributed by atoms with van der Waals surface area (Å²) in [6.07, 6.45) is 4.63. The van der Waals surface area contributed by atoms with Crippen LogP contribution in [0.4, 0.5) is 4.79 Å². The fourth-order valence-electron chi connectivity index (χ4n) is 4.28. The Bertz CT molecular complexity index is 679. The summed E-state index contributed by atoms with van der Waals surface area (Å²) in [6, 6.07) is -0.300. The second kappa shape index (κ2) is 7.84. The molecule has 9 nitrogen and oxygen atoms in total. The average Bonchev–Trinajstić information content (AvgIpc) is 3.35. The van der Waals surface area contributed by atoms with Crippen molar-refractivity contribution >= 4 is 11.9 Å². The number of urea groups is 1. The number of nitrogens with one attached hydrogen (secondary N) is 2. The summed E-state index contributed by atoms with van der Waals surface area (Å²) in [4.78, 5) is 30.7. The van der Waals surface area contributed by atoms with Gasteiger partial charge >= 0.3 is 6.03 Å². The van der Waals surface area contributed by atoms with Gasteiger partial charge in [-0.15, -0.1) is 0 Å². The number of nitrogens with zero attached hydrogens (tertiary/aromatic N) is 3. The molecule has 1 aromatic rings. The van der Waals surface area contributed by atoms with Crippen LogP contribution in [0.2, 0.25) is 0 Å². The molecule has 2 N–H and O–H groups in total. The predicted octanol–water partition coefficient (Wildman–Crippen LogP) is 1.09. The van der Waals surface area contributed by atoms with E-state index in [0.717, 1.165) is 32.3 Å². The molecule has 3 fully saturated rings. The Labute approximate surface area is 158 Å². The van der Waals surface area contributed by atoms with E-state index in [2.05, 4.69) is 20.8 Å². The molecule has 3 aliphatic rings. The highest BCUT2D eigenvalue weighted by Gasteiger charge is 2.38. The maximum absolute atomic E-state index is 12.8. The van der Waals surface area contributed by atoms with Crippen molar-refractivity contribution in [1.82, 2.24) is 25.7 Å². The second-order valence-corrected chi connectivity index (χ2v) is 7.68. The van der Waals surface area contributed by atoms with Gasteiger partial charge in [0.2, 0.25) is 11.8 Å². The van der Waals surface area contributed by atoms with Gasteiger partial charge in [0.25, 0.3) is 0 Å². The third-order valence-electron chi connectivity index (χ3n) is 5.79. The van der Waals surface area contributed by atoms with E-state index in [9.17, 15) is 9.59 Å². The van der Waals surface area contributed by atoms with Crippen molar-refractivity contribution < 1.29 is 18.8 Å². The fourth-order valence-corrected chi connectivity index (χ4v) is 4.28. The number of carbonyl (C=O) groups is 2. The van der Waals surface area contributed by atoms with Crippen LogP contribution in [-0.2, 0) is 9.53 Å². The minimum absolute atomic E-state index is 0.00828. The lowest BCUT2D eigenvalue weighted by Gasteiger charge is -2.38. The molecule has 9 heteroatoms. The predicted molar refractivity (Wildman–Crippen MR) is 95.0 cm³/mol. The van der Waals surface area contributed by atoms with E-state index in [1.54, 1.807) is 0 Å². The molecule has 0 radical (unpaired) electrons. The maximum atomic E-state index is 12.8. The van der Waals surface area contributed by atoms with Crippen LogP contribution in [-0.4, -0.2) is 64.9 Å². The van der Waals surface area contributed by atoms with Crippen molar-refractivity contribution in [3.8, 4) is 0 Å². The zero-order valence-electron chi connectivity index (χ0n) is 15.6. The lowest BCUT2D eigenvalue weighted by molar-refractivity contribution is -0.125. The highest BCUT2D eigenvalue weighted by atomic mass is 16.5. The summed E-state index contributed by atoms with van der Waals surface area (Å²) in [5.74, 6) is 1.56. The van der Waals surface area contributed by atoms with E-state index in [1.165, 1.54) is 0 Å². The van der Waals surface area contributed by atoms with Gasteiger partial charge in [-0.3, -0.25) is 4.79 Å². The Morgan fingerprint density at radius 3 is 2.74 bits per heavy atom. The SMILES string of the molecule is Cc1noc(C2CCN(C(=O)NC3CCC(=O)NC3C3CCCO3)CC2)n1. The van der Waals surface area contributed by atoms with Crippen LogP contribution in [0.3, 0.4) is 0 Å². The molecule has 0 saturated carbocycles. The number of hydrogen-bond acceptors (Lipinski definition) is 6. The van der Waals surface area contributed by atoms with E-state index in [0.29, 0.717) is 37.6 Å². The lowest BCUT2D eigenvalue weighted by Crippen LogP contribution is -2.61. The molecule has 0 aliphatic carbocycles. The zero-order valence-corrected chi connectivity index (χ0v) is 15.6. The molecule has 4 heterocycles. The highest BCUT2D eigenvalue weighted by molar-refractivity contribution is 5.79. The van der Waals surface area contributed by atoms with Crippen LogP contribution in [0.25, 0.3) is 0 Å². The molecular weight excluding hydrogens is 350 g/mol. The van der Waals surface area contributed by atoms with E-state index < -0.39 is 0 Å². The Morgan fingerprint density at radius 2 is 2.07 bits per heavy atom. The molecule has 4 rings (SSSR count). The van der Waals surface area contributed by atoms with Crippen molar-refractivity contribution in [2.24, 2.45) is 0 Å². The molecule has 0 spiro atoms. The number of piperidine rings is 2. The van der Waals surface area contributed by atoms with Crippen molar-refractivity contribution in [3.63, 3.8) is 0 Å². The van der Waals surface area contributed by atoms with Gasteiger partial charge in [0.05, 0.1) is 18.2 Å². The molecule has 3 aliphatic heterocycles. The Balaban J connectivity index is 1.32. The van der Waals surface area contributed by atoms with Crippen molar-refractivity contribution in [3.05, 3.63) is 11.7 Å². The smallest absolute Gasteiger partial charge is 0.317 e. The number of aromatic nitrogens is 2. The second-order valence-electron chi connectivity index (χ2n) is 7.68. The summed E-state index contributed by atoms with van der Waals surface area (Å²) in [7, 11) is 0. The summed E-state index contributed by atoms with van der Waals surface area (Å²) < 4.78 is 11.0. The first-order valence-corrected chi connectivity index (χ1v) is 9.87. The first-order valence-electron chi connectivity index (χ1n) is 9.87. The highest BCUT2D eigenvalue weighted by Crippen LogP contribution is 2.27. The number of amides is 3.